The van der Waals surface area contributed by atoms with E-state index in [1.807, 2.05) is 24.7 Å². The molecule has 0 aliphatic carbocycles. The van der Waals surface area contributed by atoms with E-state index in [9.17, 15) is 4.39 Å². The van der Waals surface area contributed by atoms with E-state index in [1.54, 1.807) is 18.3 Å². The molecular weight excluding hydrogens is 297 g/mol. The number of halogens is 1. The number of nitrogens with one attached hydrogen (secondary N) is 1. The topological polar surface area (TPSA) is 68.8 Å². The number of rotatable bonds is 6. The Morgan fingerprint density at radius 2 is 2.09 bits per heavy atom. The molecule has 2 aromatic heterocycles. The van der Waals surface area contributed by atoms with Crippen molar-refractivity contribution in [2.45, 2.75) is 32.9 Å². The second-order valence-electron chi connectivity index (χ2n) is 5.30. The van der Waals surface area contributed by atoms with Crippen molar-refractivity contribution in [3.8, 4) is 0 Å². The summed E-state index contributed by atoms with van der Waals surface area (Å²) in [5.41, 5.74) is 1.83. The standard InChI is InChI=1S/C16H18FN5O/c1-3-22-10-14(9-18-22)19-11(2)16-20-15(21-23-16)8-12-4-6-13(17)7-5-12/h4-7,9-11,19H,3,8H2,1-2H3/t11-/m1/s1. The molecule has 1 aromatic carbocycles. The van der Waals surface area contributed by atoms with Crippen molar-refractivity contribution in [1.82, 2.24) is 19.9 Å². The van der Waals surface area contributed by atoms with Crippen LogP contribution in [0.25, 0.3) is 0 Å². The Hall–Kier alpha value is -2.70. The number of benzene rings is 1. The lowest BCUT2D eigenvalue weighted by Gasteiger charge is -2.07. The highest BCUT2D eigenvalue weighted by atomic mass is 19.1. The lowest BCUT2D eigenvalue weighted by Crippen LogP contribution is -2.06. The first-order valence-electron chi connectivity index (χ1n) is 7.50. The molecule has 120 valence electrons. The van der Waals surface area contributed by atoms with E-state index in [-0.39, 0.29) is 11.9 Å². The van der Waals surface area contributed by atoms with Gasteiger partial charge in [0.25, 0.3) is 0 Å². The number of anilines is 1. The molecule has 0 radical (unpaired) electrons. The summed E-state index contributed by atoms with van der Waals surface area (Å²) in [5.74, 6) is 0.823. The molecule has 2 heterocycles. The van der Waals surface area contributed by atoms with Crippen LogP contribution in [0, 0.1) is 5.82 Å². The zero-order chi connectivity index (χ0) is 16.2. The number of aryl methyl sites for hydroxylation is 1. The second-order valence-corrected chi connectivity index (χ2v) is 5.30. The normalized spacial score (nSPS) is 12.3. The van der Waals surface area contributed by atoms with Crippen LogP contribution in [0.15, 0.2) is 41.2 Å². The van der Waals surface area contributed by atoms with E-state index in [2.05, 4.69) is 20.6 Å². The first kappa shape index (κ1) is 15.2. The van der Waals surface area contributed by atoms with Crippen molar-refractivity contribution in [2.75, 3.05) is 5.32 Å². The molecule has 0 bridgehead atoms. The Balaban J connectivity index is 1.64. The average Bonchev–Trinajstić information content (AvgIpc) is 3.19. The van der Waals surface area contributed by atoms with Crippen molar-refractivity contribution in [2.24, 2.45) is 0 Å². The second kappa shape index (κ2) is 6.60. The van der Waals surface area contributed by atoms with Crippen molar-refractivity contribution in [3.05, 3.63) is 59.8 Å². The molecule has 6 nitrogen and oxygen atoms in total. The predicted octanol–water partition coefficient (Wildman–Crippen LogP) is 3.19. The minimum absolute atomic E-state index is 0.126. The van der Waals surface area contributed by atoms with Gasteiger partial charge in [0.2, 0.25) is 5.89 Å². The monoisotopic (exact) mass is 315 g/mol. The number of aromatic nitrogens is 4. The molecule has 0 spiro atoms. The molecule has 0 unspecified atom stereocenters. The van der Waals surface area contributed by atoms with Gasteiger partial charge in [-0.15, -0.1) is 0 Å². The van der Waals surface area contributed by atoms with Crippen molar-refractivity contribution >= 4 is 5.69 Å². The van der Waals surface area contributed by atoms with Crippen molar-refractivity contribution < 1.29 is 8.91 Å². The molecule has 1 atom stereocenters. The zero-order valence-electron chi connectivity index (χ0n) is 13.0. The number of hydrogen-bond acceptors (Lipinski definition) is 5. The summed E-state index contributed by atoms with van der Waals surface area (Å²) >= 11 is 0. The molecule has 1 N–H and O–H groups in total. The molecule has 0 saturated carbocycles. The molecule has 3 aromatic rings. The maximum absolute atomic E-state index is 12.9. The van der Waals surface area contributed by atoms with Gasteiger partial charge in [-0.1, -0.05) is 17.3 Å². The summed E-state index contributed by atoms with van der Waals surface area (Å²) in [5, 5.41) is 11.5. The third kappa shape index (κ3) is 3.74. The van der Waals surface area contributed by atoms with Crippen LogP contribution >= 0.6 is 0 Å². The Morgan fingerprint density at radius 1 is 1.30 bits per heavy atom. The molecule has 23 heavy (non-hydrogen) atoms. The first-order chi connectivity index (χ1) is 11.1. The predicted molar refractivity (Wildman–Crippen MR) is 83.4 cm³/mol. The number of nitrogens with zero attached hydrogens (tertiary/aromatic N) is 4. The van der Waals surface area contributed by atoms with Gasteiger partial charge in [0.05, 0.1) is 11.9 Å². The molecule has 7 heteroatoms. The van der Waals surface area contributed by atoms with E-state index in [4.69, 9.17) is 4.52 Å². The van der Waals surface area contributed by atoms with Gasteiger partial charge < -0.3 is 9.84 Å². The Bertz CT molecular complexity index is 765. The van der Waals surface area contributed by atoms with Crippen LogP contribution < -0.4 is 5.32 Å². The van der Waals surface area contributed by atoms with E-state index in [0.29, 0.717) is 18.1 Å². The van der Waals surface area contributed by atoms with Gasteiger partial charge in [-0.3, -0.25) is 4.68 Å². The van der Waals surface area contributed by atoms with Crippen LogP contribution in [0.2, 0.25) is 0 Å². The van der Waals surface area contributed by atoms with Gasteiger partial charge >= 0.3 is 0 Å². The average molecular weight is 315 g/mol. The van der Waals surface area contributed by atoms with Gasteiger partial charge in [0.1, 0.15) is 11.9 Å². The zero-order valence-corrected chi connectivity index (χ0v) is 13.0. The van der Waals surface area contributed by atoms with Crippen LogP contribution in [-0.2, 0) is 13.0 Å². The third-order valence-corrected chi connectivity index (χ3v) is 3.47. The molecular formula is C16H18FN5O. The summed E-state index contributed by atoms with van der Waals surface area (Å²) < 4.78 is 20.0. The first-order valence-corrected chi connectivity index (χ1v) is 7.50. The minimum atomic E-state index is -0.256. The third-order valence-electron chi connectivity index (χ3n) is 3.47. The summed E-state index contributed by atoms with van der Waals surface area (Å²) in [6, 6.07) is 6.15. The largest absolute Gasteiger partial charge is 0.371 e. The highest BCUT2D eigenvalue weighted by Crippen LogP contribution is 2.18. The minimum Gasteiger partial charge on any atom is -0.371 e. The lowest BCUT2D eigenvalue weighted by atomic mass is 10.1. The fourth-order valence-corrected chi connectivity index (χ4v) is 2.22. The van der Waals surface area contributed by atoms with Gasteiger partial charge in [0.15, 0.2) is 5.82 Å². The van der Waals surface area contributed by atoms with Gasteiger partial charge in [0, 0.05) is 19.2 Å². The van der Waals surface area contributed by atoms with E-state index in [1.165, 1.54) is 12.1 Å². The van der Waals surface area contributed by atoms with Gasteiger partial charge in [-0.05, 0) is 31.5 Å². The van der Waals surface area contributed by atoms with Gasteiger partial charge in [-0.25, -0.2) is 4.39 Å². The summed E-state index contributed by atoms with van der Waals surface area (Å²) in [6.07, 6.45) is 4.19. The summed E-state index contributed by atoms with van der Waals surface area (Å²) in [6.45, 7) is 4.79. The summed E-state index contributed by atoms with van der Waals surface area (Å²) in [7, 11) is 0. The molecule has 0 aliphatic heterocycles. The fourth-order valence-electron chi connectivity index (χ4n) is 2.22. The van der Waals surface area contributed by atoms with Crippen molar-refractivity contribution in [3.63, 3.8) is 0 Å². The Labute approximate surface area is 133 Å². The van der Waals surface area contributed by atoms with Crippen LogP contribution in [0.1, 0.15) is 37.2 Å². The summed E-state index contributed by atoms with van der Waals surface area (Å²) in [4.78, 5) is 4.39. The SMILES string of the molecule is CCn1cc(N[C@H](C)c2nc(Cc3ccc(F)cc3)no2)cn1. The van der Waals surface area contributed by atoms with Crippen LogP contribution in [0.3, 0.4) is 0 Å². The van der Waals surface area contributed by atoms with Crippen LogP contribution in [0.4, 0.5) is 10.1 Å². The highest BCUT2D eigenvalue weighted by Gasteiger charge is 2.15. The number of hydrogen-bond donors (Lipinski definition) is 1. The van der Waals surface area contributed by atoms with Crippen LogP contribution in [-0.4, -0.2) is 19.9 Å². The molecule has 3 rings (SSSR count). The van der Waals surface area contributed by atoms with E-state index in [0.717, 1.165) is 17.8 Å². The molecule has 0 fully saturated rings. The quantitative estimate of drug-likeness (QED) is 0.756. The fraction of sp³-hybridized carbons (Fsp3) is 0.312. The smallest absolute Gasteiger partial charge is 0.248 e. The molecule has 0 saturated heterocycles. The Morgan fingerprint density at radius 3 is 2.78 bits per heavy atom. The van der Waals surface area contributed by atoms with Crippen molar-refractivity contribution in [1.29, 1.82) is 0 Å². The molecule has 0 amide bonds. The highest BCUT2D eigenvalue weighted by molar-refractivity contribution is 5.39. The van der Waals surface area contributed by atoms with E-state index < -0.39 is 0 Å². The molecule has 0 aliphatic rings. The maximum atomic E-state index is 12.9. The maximum Gasteiger partial charge on any atom is 0.248 e. The van der Waals surface area contributed by atoms with E-state index >= 15 is 0 Å². The van der Waals surface area contributed by atoms with Crippen LogP contribution in [0.5, 0.6) is 0 Å². The Kier molecular flexibility index (Phi) is 4.36. The lowest BCUT2D eigenvalue weighted by molar-refractivity contribution is 0.363. The van der Waals surface area contributed by atoms with Gasteiger partial charge in [-0.2, -0.15) is 10.1 Å².